The van der Waals surface area contributed by atoms with Crippen molar-refractivity contribution in [1.82, 2.24) is 5.32 Å². The van der Waals surface area contributed by atoms with Gasteiger partial charge in [-0.2, -0.15) is 0 Å². The molecule has 1 amide bonds. The minimum absolute atomic E-state index is 0.0701. The first kappa shape index (κ1) is 14.2. The van der Waals surface area contributed by atoms with Crippen LogP contribution < -0.4 is 16.2 Å². The maximum absolute atomic E-state index is 11.2. The van der Waals surface area contributed by atoms with Crippen LogP contribution in [0.15, 0.2) is 0 Å². The molecule has 5 nitrogen and oxygen atoms in total. The Bertz CT molecular complexity index is 221. The zero-order valence-electron chi connectivity index (χ0n) is 9.12. The van der Waals surface area contributed by atoms with E-state index in [2.05, 4.69) is 11.1 Å². The van der Waals surface area contributed by atoms with E-state index in [1.807, 2.05) is 13.8 Å². The summed E-state index contributed by atoms with van der Waals surface area (Å²) in [6, 6.07) is -0.757. The Morgan fingerprint density at radius 2 is 2.07 bits per heavy atom. The van der Waals surface area contributed by atoms with Gasteiger partial charge in [0.1, 0.15) is 6.04 Å². The lowest BCUT2D eigenvalue weighted by molar-refractivity contribution is -0.431. The quantitative estimate of drug-likeness (QED) is 0.525. The van der Waals surface area contributed by atoms with Gasteiger partial charge in [0.25, 0.3) is 0 Å². The molecular formula is C9H18N2O3S. The van der Waals surface area contributed by atoms with Gasteiger partial charge in [0, 0.05) is 6.54 Å². The van der Waals surface area contributed by atoms with E-state index in [1.165, 1.54) is 11.8 Å². The second kappa shape index (κ2) is 7.53. The molecule has 0 spiro atoms. The molecule has 88 valence electrons. The number of carbonyl (C=O) groups excluding carboxylic acids is 2. The van der Waals surface area contributed by atoms with Crippen LogP contribution in [-0.4, -0.2) is 36.0 Å². The maximum atomic E-state index is 11.2. The van der Waals surface area contributed by atoms with E-state index < -0.39 is 12.0 Å². The zero-order chi connectivity index (χ0) is 11.8. The molecule has 0 aromatic heterocycles. The summed E-state index contributed by atoms with van der Waals surface area (Å²) in [4.78, 5) is 21.5. The van der Waals surface area contributed by atoms with Gasteiger partial charge in [-0.15, -0.1) is 11.8 Å². The van der Waals surface area contributed by atoms with Crippen molar-refractivity contribution in [2.24, 2.45) is 5.92 Å². The normalized spacial score (nSPS) is 12.5. The van der Waals surface area contributed by atoms with Gasteiger partial charge >= 0.3 is 0 Å². The number of carboxylic acid groups (broad SMARTS) is 1. The fourth-order valence-corrected chi connectivity index (χ4v) is 1.56. The highest BCUT2D eigenvalue weighted by atomic mass is 32.2. The molecule has 0 fully saturated rings. The lowest BCUT2D eigenvalue weighted by Gasteiger charge is -2.09. The van der Waals surface area contributed by atoms with Crippen LogP contribution in [0, 0.1) is 5.92 Å². The average molecular weight is 234 g/mol. The summed E-state index contributed by atoms with van der Waals surface area (Å²) in [6.45, 7) is 4.67. The van der Waals surface area contributed by atoms with E-state index >= 15 is 0 Å². The molecule has 0 bridgehead atoms. The fourth-order valence-electron chi connectivity index (χ4n) is 0.731. The highest BCUT2D eigenvalue weighted by Crippen LogP contribution is 2.00. The Morgan fingerprint density at radius 1 is 1.47 bits per heavy atom. The SMILES string of the molecule is CC(C)CNC(=O)CSC[C@H]([NH3+])C(=O)[O-]. The number of quaternary nitrogens is 1. The molecule has 0 saturated carbocycles. The average Bonchev–Trinajstić information content (AvgIpc) is 2.14. The topological polar surface area (TPSA) is 96.9 Å². The largest absolute Gasteiger partial charge is 0.544 e. The van der Waals surface area contributed by atoms with Crippen LogP contribution in [0.1, 0.15) is 13.8 Å². The number of carbonyl (C=O) groups is 2. The molecule has 6 heteroatoms. The van der Waals surface area contributed by atoms with Crippen molar-refractivity contribution in [2.75, 3.05) is 18.1 Å². The van der Waals surface area contributed by atoms with Crippen molar-refractivity contribution in [3.05, 3.63) is 0 Å². The van der Waals surface area contributed by atoms with Crippen LogP contribution in [0.2, 0.25) is 0 Å². The van der Waals surface area contributed by atoms with E-state index in [9.17, 15) is 14.7 Å². The number of carboxylic acids is 1. The Hall–Kier alpha value is -0.750. The van der Waals surface area contributed by atoms with Gasteiger partial charge < -0.3 is 21.0 Å². The molecule has 0 rings (SSSR count). The molecule has 15 heavy (non-hydrogen) atoms. The fraction of sp³-hybridized carbons (Fsp3) is 0.778. The molecule has 0 saturated heterocycles. The molecule has 0 aromatic carbocycles. The highest BCUT2D eigenvalue weighted by Gasteiger charge is 2.09. The van der Waals surface area contributed by atoms with Gasteiger partial charge in [-0.05, 0) is 5.92 Å². The van der Waals surface area contributed by atoms with Crippen LogP contribution in [0.25, 0.3) is 0 Å². The van der Waals surface area contributed by atoms with E-state index in [0.717, 1.165) is 0 Å². The van der Waals surface area contributed by atoms with Crippen molar-refractivity contribution in [3.63, 3.8) is 0 Å². The smallest absolute Gasteiger partial charge is 0.230 e. The van der Waals surface area contributed by atoms with E-state index in [4.69, 9.17) is 0 Å². The third kappa shape index (κ3) is 8.26. The summed E-state index contributed by atoms with van der Waals surface area (Å²) >= 11 is 1.25. The van der Waals surface area contributed by atoms with Crippen molar-refractivity contribution >= 4 is 23.6 Å². The molecule has 0 aliphatic heterocycles. The van der Waals surface area contributed by atoms with Crippen molar-refractivity contribution in [3.8, 4) is 0 Å². The van der Waals surface area contributed by atoms with Crippen LogP contribution in [0.5, 0.6) is 0 Å². The molecule has 0 aliphatic carbocycles. The Balaban J connectivity index is 3.51. The number of nitrogens with one attached hydrogen (secondary N) is 1. The van der Waals surface area contributed by atoms with E-state index in [1.54, 1.807) is 0 Å². The number of hydrogen-bond donors (Lipinski definition) is 2. The van der Waals surface area contributed by atoms with E-state index in [0.29, 0.717) is 18.2 Å². The molecular weight excluding hydrogens is 216 g/mol. The van der Waals surface area contributed by atoms with E-state index in [-0.39, 0.29) is 11.7 Å². The molecule has 4 N–H and O–H groups in total. The second-order valence-electron chi connectivity index (χ2n) is 3.73. The van der Waals surface area contributed by atoms with Crippen molar-refractivity contribution < 1.29 is 20.4 Å². The third-order valence-corrected chi connectivity index (χ3v) is 2.70. The zero-order valence-corrected chi connectivity index (χ0v) is 9.93. The summed E-state index contributed by atoms with van der Waals surface area (Å²) in [5.74, 6) is -0.254. The van der Waals surface area contributed by atoms with Crippen LogP contribution >= 0.6 is 11.8 Å². The Morgan fingerprint density at radius 3 is 2.53 bits per heavy atom. The highest BCUT2D eigenvalue weighted by molar-refractivity contribution is 8.00. The Kier molecular flexibility index (Phi) is 7.15. The first-order chi connectivity index (χ1) is 6.93. The monoisotopic (exact) mass is 234 g/mol. The van der Waals surface area contributed by atoms with Crippen molar-refractivity contribution in [1.29, 1.82) is 0 Å². The van der Waals surface area contributed by atoms with Crippen LogP contribution in [0.4, 0.5) is 0 Å². The predicted molar refractivity (Wildman–Crippen MR) is 56.9 cm³/mol. The summed E-state index contributed by atoms with van der Waals surface area (Å²) < 4.78 is 0. The molecule has 0 unspecified atom stereocenters. The first-order valence-electron chi connectivity index (χ1n) is 4.81. The first-order valence-corrected chi connectivity index (χ1v) is 5.97. The van der Waals surface area contributed by atoms with Crippen LogP contribution in [-0.2, 0) is 9.59 Å². The number of aliphatic carboxylic acids is 1. The lowest BCUT2D eigenvalue weighted by Crippen LogP contribution is -2.69. The van der Waals surface area contributed by atoms with Gasteiger partial charge in [0.2, 0.25) is 5.91 Å². The molecule has 0 radical (unpaired) electrons. The number of hydrogen-bond acceptors (Lipinski definition) is 4. The van der Waals surface area contributed by atoms with Gasteiger partial charge in [-0.25, -0.2) is 0 Å². The van der Waals surface area contributed by atoms with Crippen molar-refractivity contribution in [2.45, 2.75) is 19.9 Å². The Labute approximate surface area is 93.8 Å². The summed E-state index contributed by atoms with van der Waals surface area (Å²) in [6.07, 6.45) is 0. The summed E-state index contributed by atoms with van der Waals surface area (Å²) in [5.41, 5.74) is 3.39. The number of amides is 1. The number of thioether (sulfide) groups is 1. The molecule has 0 heterocycles. The number of rotatable bonds is 7. The third-order valence-electron chi connectivity index (χ3n) is 1.59. The molecule has 0 aliphatic rings. The van der Waals surface area contributed by atoms with Gasteiger partial charge in [0.05, 0.1) is 17.5 Å². The molecule has 0 aromatic rings. The predicted octanol–water partition coefficient (Wildman–Crippen LogP) is -2.15. The van der Waals surface area contributed by atoms with Gasteiger partial charge in [0.15, 0.2) is 0 Å². The van der Waals surface area contributed by atoms with Crippen LogP contribution in [0.3, 0.4) is 0 Å². The molecule has 1 atom stereocenters. The summed E-state index contributed by atoms with van der Waals surface area (Å²) in [7, 11) is 0. The maximum Gasteiger partial charge on any atom is 0.230 e. The summed E-state index contributed by atoms with van der Waals surface area (Å²) in [5, 5.41) is 13.0. The standard InChI is InChI=1S/C9H18N2O3S/c1-6(2)3-11-8(12)5-15-4-7(10)9(13)14/h6-7H,3-5,10H2,1-2H3,(H,11,12)(H,13,14)/t7-/m0/s1. The minimum Gasteiger partial charge on any atom is -0.544 e. The second-order valence-corrected chi connectivity index (χ2v) is 4.76. The van der Waals surface area contributed by atoms with Gasteiger partial charge in [-0.3, -0.25) is 4.79 Å². The lowest BCUT2D eigenvalue weighted by atomic mass is 10.2. The van der Waals surface area contributed by atoms with Gasteiger partial charge in [-0.1, -0.05) is 13.8 Å². The minimum atomic E-state index is -1.18.